The van der Waals surface area contributed by atoms with E-state index in [1.54, 1.807) is 48.5 Å². The first-order valence-corrected chi connectivity index (χ1v) is 15.6. The molecule has 0 bridgehead atoms. The number of rotatable bonds is 7. The van der Waals surface area contributed by atoms with Crippen molar-refractivity contribution < 1.29 is 19.1 Å². The largest absolute Gasteiger partial charge is 0.422 e. The molecule has 6 rings (SSSR count). The van der Waals surface area contributed by atoms with Gasteiger partial charge in [0, 0.05) is 37.0 Å². The fraction of sp³-hybridized carbons (Fsp3) is 0.0303. The van der Waals surface area contributed by atoms with Crippen molar-refractivity contribution in [2.75, 3.05) is 5.32 Å². The summed E-state index contributed by atoms with van der Waals surface area (Å²) in [4.78, 5) is 39.2. The van der Waals surface area contributed by atoms with Crippen molar-refractivity contribution in [1.29, 1.82) is 0 Å². The average molecular weight is 659 g/mol. The van der Waals surface area contributed by atoms with E-state index in [0.29, 0.717) is 36.6 Å². The predicted octanol–water partition coefficient (Wildman–Crippen LogP) is 8.97. The third-order valence-corrected chi connectivity index (χ3v) is 9.92. The fourth-order valence-electron chi connectivity index (χ4n) is 4.41. The Morgan fingerprint density at radius 2 is 1.45 bits per heavy atom. The lowest BCUT2D eigenvalue weighted by Gasteiger charge is -2.07. The van der Waals surface area contributed by atoms with Gasteiger partial charge in [-0.1, -0.05) is 65.7 Å². The van der Waals surface area contributed by atoms with Crippen LogP contribution < -0.4 is 15.5 Å². The molecule has 0 spiro atoms. The molecule has 0 radical (unpaired) electrons. The van der Waals surface area contributed by atoms with Gasteiger partial charge in [-0.05, 0) is 61.0 Å². The standard InChI is InChI=1S/C33H21Cl2N3O4S2/c1-18-10-15-23-26(16-18)44-30(28(23)35)33(41)42-24-8-4-2-6-20(24)17-36-38-31(39)19-11-13-21(14-12-19)37-32(40)29-27(34)22-7-3-5-9-25(22)43-29/h2-17H,1H3,(H,37,40)(H,38,39)/b36-17-. The molecule has 0 aliphatic rings. The highest BCUT2D eigenvalue weighted by atomic mass is 35.5. The number of carbonyl (C=O) groups excluding carboxylic acids is 3. The SMILES string of the molecule is Cc1ccc2c(Cl)c(C(=O)Oc3ccccc3/C=N\NC(=O)c3ccc(NC(=O)c4sc5ccccc5c4Cl)cc3)sc2c1. The Labute approximate surface area is 269 Å². The third-order valence-electron chi connectivity index (χ3n) is 6.61. The van der Waals surface area contributed by atoms with Crippen molar-refractivity contribution in [2.24, 2.45) is 5.10 Å². The minimum Gasteiger partial charge on any atom is -0.422 e. The van der Waals surface area contributed by atoms with Crippen LogP contribution in [0.25, 0.3) is 20.2 Å². The van der Waals surface area contributed by atoms with Crippen molar-refractivity contribution in [3.05, 3.63) is 127 Å². The molecule has 4 aromatic carbocycles. The summed E-state index contributed by atoms with van der Waals surface area (Å²) in [5.74, 6) is -1.12. The van der Waals surface area contributed by atoms with Crippen molar-refractivity contribution in [2.45, 2.75) is 6.92 Å². The fourth-order valence-corrected chi connectivity index (χ4v) is 7.30. The molecule has 2 amide bonds. The van der Waals surface area contributed by atoms with E-state index in [9.17, 15) is 14.4 Å². The molecule has 0 aliphatic heterocycles. The molecule has 11 heteroatoms. The van der Waals surface area contributed by atoms with Crippen LogP contribution in [0.4, 0.5) is 5.69 Å². The van der Waals surface area contributed by atoms with Crippen LogP contribution in [0.5, 0.6) is 5.75 Å². The lowest BCUT2D eigenvalue weighted by atomic mass is 10.2. The normalized spacial score (nSPS) is 11.2. The van der Waals surface area contributed by atoms with Crippen molar-refractivity contribution in [3.63, 3.8) is 0 Å². The van der Waals surface area contributed by atoms with E-state index in [-0.39, 0.29) is 11.7 Å². The van der Waals surface area contributed by atoms with Gasteiger partial charge < -0.3 is 10.1 Å². The van der Waals surface area contributed by atoms with E-state index < -0.39 is 11.9 Å². The zero-order valence-corrected chi connectivity index (χ0v) is 26.0. The summed E-state index contributed by atoms with van der Waals surface area (Å²) in [6.07, 6.45) is 1.39. The van der Waals surface area contributed by atoms with Gasteiger partial charge in [-0.2, -0.15) is 5.10 Å². The van der Waals surface area contributed by atoms with Crippen LogP contribution in [0.15, 0.2) is 96.1 Å². The second-order valence-electron chi connectivity index (χ2n) is 9.64. The maximum absolute atomic E-state index is 13.0. The van der Waals surface area contributed by atoms with Crippen LogP contribution >= 0.6 is 45.9 Å². The first kappa shape index (κ1) is 29.5. The van der Waals surface area contributed by atoms with Crippen LogP contribution in [-0.2, 0) is 0 Å². The smallest absolute Gasteiger partial charge is 0.355 e. The molecule has 0 saturated heterocycles. The van der Waals surface area contributed by atoms with Crippen LogP contribution in [-0.4, -0.2) is 24.0 Å². The van der Waals surface area contributed by atoms with Gasteiger partial charge in [0.25, 0.3) is 11.8 Å². The van der Waals surface area contributed by atoms with Crippen LogP contribution in [0, 0.1) is 6.92 Å². The summed E-state index contributed by atoms with van der Waals surface area (Å²) in [6.45, 7) is 1.97. The molecule has 0 saturated carbocycles. The highest BCUT2D eigenvalue weighted by molar-refractivity contribution is 7.22. The molecular formula is C33H21Cl2N3O4S2. The number of esters is 1. The van der Waals surface area contributed by atoms with Gasteiger partial charge in [-0.25, -0.2) is 10.2 Å². The number of para-hydroxylation sites is 1. The number of nitrogens with zero attached hydrogens (tertiary/aromatic N) is 1. The number of hydrazone groups is 1. The number of halogens is 2. The van der Waals surface area contributed by atoms with E-state index in [2.05, 4.69) is 15.8 Å². The van der Waals surface area contributed by atoms with Gasteiger partial charge in [0.05, 0.1) is 16.3 Å². The minimum atomic E-state index is -0.583. The van der Waals surface area contributed by atoms with E-state index >= 15 is 0 Å². The first-order valence-electron chi connectivity index (χ1n) is 13.2. The molecule has 0 unspecified atom stereocenters. The van der Waals surface area contributed by atoms with Crippen molar-refractivity contribution in [3.8, 4) is 5.75 Å². The quantitative estimate of drug-likeness (QED) is 0.0775. The summed E-state index contributed by atoms with van der Waals surface area (Å²) in [7, 11) is 0. The number of benzene rings is 4. The predicted molar refractivity (Wildman–Crippen MR) is 179 cm³/mol. The zero-order valence-electron chi connectivity index (χ0n) is 22.9. The van der Waals surface area contributed by atoms with E-state index in [1.165, 1.54) is 28.9 Å². The molecular weight excluding hydrogens is 637 g/mol. The van der Waals surface area contributed by atoms with Gasteiger partial charge in [0.2, 0.25) is 0 Å². The van der Waals surface area contributed by atoms with E-state index in [4.69, 9.17) is 27.9 Å². The number of hydrogen-bond acceptors (Lipinski definition) is 7. The second kappa shape index (κ2) is 12.6. The third kappa shape index (κ3) is 6.09. The molecule has 2 aromatic heterocycles. The number of nitrogens with one attached hydrogen (secondary N) is 2. The lowest BCUT2D eigenvalue weighted by Crippen LogP contribution is -2.18. The molecule has 7 nitrogen and oxygen atoms in total. The lowest BCUT2D eigenvalue weighted by molar-refractivity contribution is 0.0739. The van der Waals surface area contributed by atoms with Crippen molar-refractivity contribution >= 4 is 95.7 Å². The Morgan fingerprint density at radius 1 is 0.773 bits per heavy atom. The van der Waals surface area contributed by atoms with Gasteiger partial charge in [-0.3, -0.25) is 9.59 Å². The van der Waals surface area contributed by atoms with E-state index in [1.807, 2.05) is 49.4 Å². The van der Waals surface area contributed by atoms with Crippen LogP contribution in [0.1, 0.15) is 40.8 Å². The molecule has 2 heterocycles. The number of aryl methyl sites for hydroxylation is 1. The average Bonchev–Trinajstić information content (AvgIpc) is 3.54. The van der Waals surface area contributed by atoms with Crippen LogP contribution in [0.2, 0.25) is 10.0 Å². The number of fused-ring (bicyclic) bond motifs is 2. The van der Waals surface area contributed by atoms with Gasteiger partial charge in [-0.15, -0.1) is 22.7 Å². The highest BCUT2D eigenvalue weighted by Gasteiger charge is 2.20. The van der Waals surface area contributed by atoms with Crippen LogP contribution in [0.3, 0.4) is 0 Å². The summed E-state index contributed by atoms with van der Waals surface area (Å²) in [5, 5.41) is 9.23. The number of anilines is 1. The maximum Gasteiger partial charge on any atom is 0.355 e. The number of amides is 2. The Morgan fingerprint density at radius 3 is 2.25 bits per heavy atom. The number of ether oxygens (including phenoxy) is 1. The molecule has 218 valence electrons. The molecule has 6 aromatic rings. The Kier molecular flexibility index (Phi) is 8.45. The summed E-state index contributed by atoms with van der Waals surface area (Å²) >= 11 is 15.5. The van der Waals surface area contributed by atoms with Gasteiger partial charge in [0.1, 0.15) is 15.5 Å². The number of carbonyl (C=O) groups is 3. The number of hydrogen-bond donors (Lipinski definition) is 2. The van der Waals surface area contributed by atoms with Crippen molar-refractivity contribution in [1.82, 2.24) is 5.43 Å². The Bertz CT molecular complexity index is 2100. The van der Waals surface area contributed by atoms with Gasteiger partial charge in [0.15, 0.2) is 0 Å². The molecule has 44 heavy (non-hydrogen) atoms. The summed E-state index contributed by atoms with van der Waals surface area (Å²) in [6, 6.07) is 26.5. The highest BCUT2D eigenvalue weighted by Crippen LogP contribution is 2.37. The minimum absolute atomic E-state index is 0.263. The van der Waals surface area contributed by atoms with E-state index in [0.717, 1.165) is 25.7 Å². The molecule has 0 fully saturated rings. The number of thiophene rings is 2. The monoisotopic (exact) mass is 657 g/mol. The zero-order chi connectivity index (χ0) is 30.8. The topological polar surface area (TPSA) is 96.9 Å². The van der Waals surface area contributed by atoms with Gasteiger partial charge >= 0.3 is 5.97 Å². The summed E-state index contributed by atoms with van der Waals surface area (Å²) < 4.78 is 7.48. The molecule has 0 atom stereocenters. The maximum atomic E-state index is 13.0. The Balaban J connectivity index is 1.09. The first-order chi connectivity index (χ1) is 21.3. The second-order valence-corrected chi connectivity index (χ2v) is 12.5. The molecule has 0 aliphatic carbocycles. The Hall–Kier alpha value is -4.54. The molecule has 2 N–H and O–H groups in total. The summed E-state index contributed by atoms with van der Waals surface area (Å²) in [5.41, 5.74) is 4.85.